The van der Waals surface area contributed by atoms with Crippen LogP contribution in [0, 0.1) is 5.92 Å². The first-order valence-electron chi connectivity index (χ1n) is 7.18. The molecule has 1 aromatic rings. The van der Waals surface area contributed by atoms with Crippen molar-refractivity contribution in [2.24, 2.45) is 5.92 Å². The Kier molecular flexibility index (Phi) is 7.31. The SMILES string of the molecule is CC(C)COCCCNS(=O)(=O)c1cccc(C(C)O)c1. The molecule has 0 fully saturated rings. The molecule has 0 aliphatic heterocycles. The third kappa shape index (κ3) is 6.56. The van der Waals surface area contributed by atoms with E-state index in [9.17, 15) is 13.5 Å². The minimum atomic E-state index is -3.54. The predicted octanol–water partition coefficient (Wildman–Crippen LogP) is 2.08. The Balaban J connectivity index is 2.48. The Morgan fingerprint density at radius 1 is 1.29 bits per heavy atom. The maximum atomic E-state index is 12.1. The van der Waals surface area contributed by atoms with E-state index in [0.29, 0.717) is 37.7 Å². The van der Waals surface area contributed by atoms with Crippen LogP contribution in [-0.2, 0) is 14.8 Å². The largest absolute Gasteiger partial charge is 0.389 e. The van der Waals surface area contributed by atoms with E-state index in [2.05, 4.69) is 18.6 Å². The average Bonchev–Trinajstić information content (AvgIpc) is 2.42. The van der Waals surface area contributed by atoms with Gasteiger partial charge in [0.05, 0.1) is 11.0 Å². The summed E-state index contributed by atoms with van der Waals surface area (Å²) in [5.41, 5.74) is 0.582. The summed E-state index contributed by atoms with van der Waals surface area (Å²) in [6.45, 7) is 7.29. The molecule has 0 bridgehead atoms. The number of aliphatic hydroxyl groups excluding tert-OH is 1. The normalized spacial score (nSPS) is 13.6. The molecule has 1 rings (SSSR count). The average molecular weight is 315 g/mol. The highest BCUT2D eigenvalue weighted by Crippen LogP contribution is 2.16. The third-order valence-corrected chi connectivity index (χ3v) is 4.32. The molecule has 0 saturated heterocycles. The van der Waals surface area contributed by atoms with Gasteiger partial charge in [0, 0.05) is 19.8 Å². The first kappa shape index (κ1) is 18.1. The molecule has 0 heterocycles. The lowest BCUT2D eigenvalue weighted by Gasteiger charge is -2.10. The summed E-state index contributed by atoms with van der Waals surface area (Å²) in [5.74, 6) is 0.477. The summed E-state index contributed by atoms with van der Waals surface area (Å²) in [6.07, 6.45) is -0.0632. The fraction of sp³-hybridized carbons (Fsp3) is 0.600. The van der Waals surface area contributed by atoms with Crippen molar-refractivity contribution in [2.45, 2.75) is 38.2 Å². The van der Waals surface area contributed by atoms with E-state index < -0.39 is 16.1 Å². The predicted molar refractivity (Wildman–Crippen MR) is 82.5 cm³/mol. The zero-order valence-electron chi connectivity index (χ0n) is 12.9. The molecule has 0 radical (unpaired) electrons. The lowest BCUT2D eigenvalue weighted by molar-refractivity contribution is 0.108. The standard InChI is InChI=1S/C15H25NO4S/c1-12(2)11-20-9-5-8-16-21(18,19)15-7-4-6-14(10-15)13(3)17/h4,6-7,10,12-13,16-17H,5,8-9,11H2,1-3H3. The topological polar surface area (TPSA) is 75.6 Å². The second kappa shape index (κ2) is 8.48. The molecular formula is C15H25NO4S. The van der Waals surface area contributed by atoms with Crippen molar-refractivity contribution < 1.29 is 18.3 Å². The van der Waals surface area contributed by atoms with E-state index in [1.165, 1.54) is 12.1 Å². The highest BCUT2D eigenvalue weighted by molar-refractivity contribution is 7.89. The maximum Gasteiger partial charge on any atom is 0.240 e. The molecule has 120 valence electrons. The molecule has 1 unspecified atom stereocenters. The van der Waals surface area contributed by atoms with Gasteiger partial charge in [-0.3, -0.25) is 0 Å². The molecular weight excluding hydrogens is 290 g/mol. The van der Waals surface area contributed by atoms with Crippen LogP contribution >= 0.6 is 0 Å². The van der Waals surface area contributed by atoms with Crippen LogP contribution in [0.1, 0.15) is 38.9 Å². The number of hydrogen-bond donors (Lipinski definition) is 2. The second-order valence-corrected chi connectivity index (χ2v) is 7.24. The van der Waals surface area contributed by atoms with Crippen LogP contribution in [-0.4, -0.2) is 33.3 Å². The Morgan fingerprint density at radius 3 is 2.62 bits per heavy atom. The van der Waals surface area contributed by atoms with Gasteiger partial charge in [0.25, 0.3) is 0 Å². The molecule has 0 aliphatic carbocycles. The van der Waals surface area contributed by atoms with E-state index in [1.807, 2.05) is 0 Å². The van der Waals surface area contributed by atoms with Gasteiger partial charge in [0.2, 0.25) is 10.0 Å². The minimum absolute atomic E-state index is 0.170. The van der Waals surface area contributed by atoms with Crippen molar-refractivity contribution in [1.82, 2.24) is 4.72 Å². The maximum absolute atomic E-state index is 12.1. The number of aliphatic hydroxyl groups is 1. The van der Waals surface area contributed by atoms with Crippen LogP contribution in [0.2, 0.25) is 0 Å². The van der Waals surface area contributed by atoms with Crippen LogP contribution in [0.15, 0.2) is 29.2 Å². The molecule has 0 spiro atoms. The first-order chi connectivity index (χ1) is 9.83. The van der Waals surface area contributed by atoms with Crippen molar-refractivity contribution in [3.63, 3.8) is 0 Å². The van der Waals surface area contributed by atoms with Gasteiger partial charge in [-0.05, 0) is 37.0 Å². The van der Waals surface area contributed by atoms with Crippen molar-refractivity contribution in [3.05, 3.63) is 29.8 Å². The van der Waals surface area contributed by atoms with Crippen LogP contribution in [0.3, 0.4) is 0 Å². The molecule has 0 aromatic heterocycles. The highest BCUT2D eigenvalue weighted by atomic mass is 32.2. The van der Waals surface area contributed by atoms with Gasteiger partial charge in [-0.1, -0.05) is 26.0 Å². The molecule has 21 heavy (non-hydrogen) atoms. The van der Waals surface area contributed by atoms with Crippen molar-refractivity contribution in [2.75, 3.05) is 19.8 Å². The molecule has 0 amide bonds. The van der Waals surface area contributed by atoms with E-state index in [1.54, 1.807) is 19.1 Å². The number of rotatable bonds is 9. The Labute approximate surface area is 127 Å². The molecule has 6 heteroatoms. The lowest BCUT2D eigenvalue weighted by atomic mass is 10.1. The van der Waals surface area contributed by atoms with Crippen molar-refractivity contribution in [3.8, 4) is 0 Å². The molecule has 1 aromatic carbocycles. The minimum Gasteiger partial charge on any atom is -0.389 e. The summed E-state index contributed by atoms with van der Waals surface area (Å²) in [6, 6.07) is 6.33. The Hall–Kier alpha value is -0.950. The van der Waals surface area contributed by atoms with Gasteiger partial charge in [0.15, 0.2) is 0 Å². The van der Waals surface area contributed by atoms with Gasteiger partial charge in [-0.25, -0.2) is 13.1 Å². The summed E-state index contributed by atoms with van der Waals surface area (Å²) in [4.78, 5) is 0.170. The quantitative estimate of drug-likeness (QED) is 0.684. The van der Waals surface area contributed by atoms with Crippen molar-refractivity contribution in [1.29, 1.82) is 0 Å². The van der Waals surface area contributed by atoms with Gasteiger partial charge in [-0.15, -0.1) is 0 Å². The summed E-state index contributed by atoms with van der Waals surface area (Å²) in [7, 11) is -3.54. The summed E-state index contributed by atoms with van der Waals surface area (Å²) >= 11 is 0. The fourth-order valence-electron chi connectivity index (χ4n) is 1.72. The zero-order valence-corrected chi connectivity index (χ0v) is 13.7. The summed E-state index contributed by atoms with van der Waals surface area (Å²) < 4.78 is 32.2. The molecule has 0 aliphatic rings. The van der Waals surface area contributed by atoms with E-state index in [0.717, 1.165) is 0 Å². The van der Waals surface area contributed by atoms with Crippen LogP contribution in [0.25, 0.3) is 0 Å². The number of sulfonamides is 1. The zero-order chi connectivity index (χ0) is 15.9. The van der Waals surface area contributed by atoms with E-state index in [4.69, 9.17) is 4.74 Å². The molecule has 0 saturated carbocycles. The smallest absolute Gasteiger partial charge is 0.240 e. The number of hydrogen-bond acceptors (Lipinski definition) is 4. The van der Waals surface area contributed by atoms with E-state index >= 15 is 0 Å². The van der Waals surface area contributed by atoms with Gasteiger partial charge in [0.1, 0.15) is 0 Å². The van der Waals surface area contributed by atoms with Gasteiger partial charge < -0.3 is 9.84 Å². The monoisotopic (exact) mass is 315 g/mol. The second-order valence-electron chi connectivity index (χ2n) is 5.47. The first-order valence-corrected chi connectivity index (χ1v) is 8.66. The molecule has 5 nitrogen and oxygen atoms in total. The van der Waals surface area contributed by atoms with E-state index in [-0.39, 0.29) is 4.90 Å². The Morgan fingerprint density at radius 2 is 2.00 bits per heavy atom. The Bertz CT molecular complexity index is 526. The lowest BCUT2D eigenvalue weighted by Crippen LogP contribution is -2.25. The number of benzene rings is 1. The number of ether oxygens (including phenoxy) is 1. The highest BCUT2D eigenvalue weighted by Gasteiger charge is 2.14. The van der Waals surface area contributed by atoms with Crippen LogP contribution < -0.4 is 4.72 Å². The summed E-state index contributed by atoms with van der Waals surface area (Å²) in [5, 5.41) is 9.50. The van der Waals surface area contributed by atoms with Crippen LogP contribution in [0.4, 0.5) is 0 Å². The van der Waals surface area contributed by atoms with Crippen molar-refractivity contribution >= 4 is 10.0 Å². The molecule has 1 atom stereocenters. The third-order valence-electron chi connectivity index (χ3n) is 2.86. The number of nitrogens with one attached hydrogen (secondary N) is 1. The fourth-order valence-corrected chi connectivity index (χ4v) is 2.85. The van der Waals surface area contributed by atoms with Crippen LogP contribution in [0.5, 0.6) is 0 Å². The van der Waals surface area contributed by atoms with Gasteiger partial charge >= 0.3 is 0 Å². The van der Waals surface area contributed by atoms with Gasteiger partial charge in [-0.2, -0.15) is 0 Å². The molecule has 2 N–H and O–H groups in total.